The molecule has 0 radical (unpaired) electrons. The van der Waals surface area contributed by atoms with Crippen molar-refractivity contribution in [2.24, 2.45) is 0 Å². The van der Waals surface area contributed by atoms with E-state index in [-0.39, 0.29) is 6.61 Å². The van der Waals surface area contributed by atoms with Crippen LogP contribution in [0.4, 0.5) is 5.69 Å². The molecule has 0 amide bonds. The van der Waals surface area contributed by atoms with Crippen molar-refractivity contribution in [2.45, 2.75) is 45.8 Å². The Morgan fingerprint density at radius 2 is 1.84 bits per heavy atom. The van der Waals surface area contributed by atoms with Crippen molar-refractivity contribution in [2.75, 3.05) is 19.5 Å². The number of anilines is 1. The number of nitrogens with two attached hydrogens (primary N) is 1. The van der Waals surface area contributed by atoms with Crippen LogP contribution in [0, 0.1) is 6.92 Å². The van der Waals surface area contributed by atoms with Crippen molar-refractivity contribution < 1.29 is 23.9 Å². The van der Waals surface area contributed by atoms with E-state index in [0.29, 0.717) is 27.9 Å². The molecule has 6 nitrogen and oxygen atoms in total. The molecule has 1 heterocycles. The molecule has 25 heavy (non-hydrogen) atoms. The summed E-state index contributed by atoms with van der Waals surface area (Å²) >= 11 is 0. The Kier molecular flexibility index (Phi) is 5.32. The van der Waals surface area contributed by atoms with E-state index >= 15 is 0 Å². The van der Waals surface area contributed by atoms with Crippen LogP contribution in [-0.4, -0.2) is 43.1 Å². The molecule has 0 atom stereocenters. The number of methoxy groups -OCH3 is 1. The number of aliphatic hydroxyl groups is 1. The third-order valence-corrected chi connectivity index (χ3v) is 4.97. The third-order valence-electron chi connectivity index (χ3n) is 4.97. The molecular formula is C18H26BNO5. The standard InChI is InChI=1S/C18H26BNO5/c1-11-14(16(22)23-6)8-12(9-15(11)20)7-13(10-21)19-24-17(2,3)18(4,5)25-19/h7-9,21H,10,20H2,1-6H3. The summed E-state index contributed by atoms with van der Waals surface area (Å²) < 4.78 is 16.7. The minimum Gasteiger partial charge on any atom is -0.465 e. The van der Waals surface area contributed by atoms with Crippen LogP contribution in [0.25, 0.3) is 6.08 Å². The lowest BCUT2D eigenvalue weighted by atomic mass is 9.77. The Labute approximate surface area is 149 Å². The minimum atomic E-state index is -0.667. The molecule has 3 N–H and O–H groups in total. The van der Waals surface area contributed by atoms with Gasteiger partial charge in [-0.2, -0.15) is 0 Å². The summed E-state index contributed by atoms with van der Waals surface area (Å²) in [6, 6.07) is 3.42. The maximum atomic E-state index is 11.9. The topological polar surface area (TPSA) is 91.0 Å². The minimum absolute atomic E-state index is 0.238. The van der Waals surface area contributed by atoms with E-state index in [1.165, 1.54) is 7.11 Å². The summed E-state index contributed by atoms with van der Waals surface area (Å²) in [6.07, 6.45) is 1.73. The van der Waals surface area contributed by atoms with Crippen molar-refractivity contribution >= 4 is 24.9 Å². The second-order valence-electron chi connectivity index (χ2n) is 7.24. The molecule has 1 saturated heterocycles. The van der Waals surface area contributed by atoms with E-state index in [0.717, 1.165) is 0 Å². The number of benzene rings is 1. The van der Waals surface area contributed by atoms with Gasteiger partial charge in [-0.25, -0.2) is 4.79 Å². The molecule has 0 aliphatic carbocycles. The largest absolute Gasteiger partial charge is 0.492 e. The number of ether oxygens (including phenoxy) is 1. The first-order chi connectivity index (χ1) is 11.5. The first-order valence-electron chi connectivity index (χ1n) is 8.18. The van der Waals surface area contributed by atoms with Gasteiger partial charge in [0, 0.05) is 5.69 Å². The van der Waals surface area contributed by atoms with Gasteiger partial charge in [0.15, 0.2) is 0 Å². The van der Waals surface area contributed by atoms with Gasteiger partial charge in [-0.15, -0.1) is 0 Å². The average Bonchev–Trinajstić information content (AvgIpc) is 2.75. The van der Waals surface area contributed by atoms with Crippen LogP contribution in [0.3, 0.4) is 0 Å². The second kappa shape index (κ2) is 6.82. The van der Waals surface area contributed by atoms with Gasteiger partial charge in [0.1, 0.15) is 0 Å². The van der Waals surface area contributed by atoms with Crippen molar-refractivity contribution in [1.29, 1.82) is 0 Å². The van der Waals surface area contributed by atoms with Crippen LogP contribution in [0.1, 0.15) is 49.2 Å². The number of hydrogen-bond acceptors (Lipinski definition) is 6. The molecule has 1 fully saturated rings. The van der Waals surface area contributed by atoms with Crippen molar-refractivity contribution in [3.05, 3.63) is 34.3 Å². The van der Waals surface area contributed by atoms with E-state index in [9.17, 15) is 9.90 Å². The van der Waals surface area contributed by atoms with Gasteiger partial charge in [0.25, 0.3) is 0 Å². The van der Waals surface area contributed by atoms with Crippen LogP contribution in [0.2, 0.25) is 0 Å². The number of rotatable bonds is 4. The van der Waals surface area contributed by atoms with Crippen molar-refractivity contribution in [3.8, 4) is 0 Å². The molecule has 1 aliphatic heterocycles. The van der Waals surface area contributed by atoms with Gasteiger partial charge in [0.2, 0.25) is 0 Å². The van der Waals surface area contributed by atoms with E-state index in [2.05, 4.69) is 0 Å². The van der Waals surface area contributed by atoms with Crippen molar-refractivity contribution in [1.82, 2.24) is 0 Å². The van der Waals surface area contributed by atoms with Crippen LogP contribution >= 0.6 is 0 Å². The zero-order chi connectivity index (χ0) is 19.0. The van der Waals surface area contributed by atoms with Gasteiger partial charge in [-0.1, -0.05) is 6.08 Å². The number of esters is 1. The summed E-state index contributed by atoms with van der Waals surface area (Å²) in [5.41, 5.74) is 7.74. The van der Waals surface area contributed by atoms with Crippen LogP contribution in [0.15, 0.2) is 17.6 Å². The Bertz CT molecular complexity index is 696. The summed E-state index contributed by atoms with van der Waals surface area (Å²) in [6.45, 7) is 9.30. The predicted molar refractivity (Wildman–Crippen MR) is 98.1 cm³/mol. The lowest BCUT2D eigenvalue weighted by Crippen LogP contribution is -2.41. The molecular weight excluding hydrogens is 321 g/mol. The second-order valence-corrected chi connectivity index (χ2v) is 7.24. The van der Waals surface area contributed by atoms with Crippen molar-refractivity contribution in [3.63, 3.8) is 0 Å². The summed E-state index contributed by atoms with van der Waals surface area (Å²) in [7, 11) is 0.656. The first kappa shape index (κ1) is 19.5. The fourth-order valence-corrected chi connectivity index (χ4v) is 2.56. The Morgan fingerprint density at radius 3 is 2.32 bits per heavy atom. The third kappa shape index (κ3) is 3.73. The molecule has 7 heteroatoms. The Morgan fingerprint density at radius 1 is 1.28 bits per heavy atom. The zero-order valence-electron chi connectivity index (χ0n) is 15.7. The van der Waals surface area contributed by atoms with Crippen LogP contribution < -0.4 is 5.73 Å². The lowest BCUT2D eigenvalue weighted by molar-refractivity contribution is 0.00578. The molecule has 1 aromatic rings. The molecule has 1 aromatic carbocycles. The van der Waals surface area contributed by atoms with E-state index < -0.39 is 24.3 Å². The lowest BCUT2D eigenvalue weighted by Gasteiger charge is -2.32. The highest BCUT2D eigenvalue weighted by Crippen LogP contribution is 2.38. The summed E-state index contributed by atoms with van der Waals surface area (Å²) in [5, 5.41) is 9.79. The fourth-order valence-electron chi connectivity index (χ4n) is 2.56. The summed E-state index contributed by atoms with van der Waals surface area (Å²) in [4.78, 5) is 11.9. The molecule has 0 bridgehead atoms. The number of nitrogen functional groups attached to an aromatic ring is 1. The number of carbonyl (C=O) groups excluding carboxylic acids is 1. The molecule has 0 aromatic heterocycles. The van der Waals surface area contributed by atoms with Gasteiger partial charge in [-0.3, -0.25) is 0 Å². The maximum Gasteiger partial charge on any atom is 0.492 e. The zero-order valence-corrected chi connectivity index (χ0v) is 15.7. The molecule has 0 unspecified atom stereocenters. The van der Waals surface area contributed by atoms with Crippen LogP contribution in [0.5, 0.6) is 0 Å². The highest BCUT2D eigenvalue weighted by Gasteiger charge is 2.52. The molecule has 2 rings (SSSR count). The molecule has 1 aliphatic rings. The van der Waals surface area contributed by atoms with Gasteiger partial charge < -0.3 is 24.9 Å². The normalized spacial score (nSPS) is 19.2. The average molecular weight is 347 g/mol. The van der Waals surface area contributed by atoms with Gasteiger partial charge in [0.05, 0.1) is 30.5 Å². The van der Waals surface area contributed by atoms with E-state index in [4.69, 9.17) is 19.8 Å². The van der Waals surface area contributed by atoms with Gasteiger partial charge >= 0.3 is 13.1 Å². The maximum absolute atomic E-state index is 11.9. The van der Waals surface area contributed by atoms with E-state index in [1.807, 2.05) is 27.7 Å². The molecule has 0 saturated carbocycles. The Balaban J connectivity index is 2.41. The highest BCUT2D eigenvalue weighted by molar-refractivity contribution is 6.55. The smallest absolute Gasteiger partial charge is 0.465 e. The monoisotopic (exact) mass is 347 g/mol. The quantitative estimate of drug-likeness (QED) is 0.494. The number of carbonyl (C=O) groups is 1. The molecule has 136 valence electrons. The Hall–Kier alpha value is -1.83. The van der Waals surface area contributed by atoms with Crippen LogP contribution in [-0.2, 0) is 14.0 Å². The number of aliphatic hydroxyl groups excluding tert-OH is 1. The predicted octanol–water partition coefficient (Wildman–Crippen LogP) is 2.37. The van der Waals surface area contributed by atoms with E-state index in [1.54, 1.807) is 25.1 Å². The fraction of sp³-hybridized carbons (Fsp3) is 0.500. The summed E-state index contributed by atoms with van der Waals surface area (Å²) in [5.74, 6) is -0.458. The SMILES string of the molecule is COC(=O)c1cc(C=C(CO)B2OC(C)(C)C(C)(C)O2)cc(N)c1C. The molecule has 0 spiro atoms. The highest BCUT2D eigenvalue weighted by atomic mass is 16.7. The number of hydrogen-bond donors (Lipinski definition) is 2. The van der Waals surface area contributed by atoms with Gasteiger partial charge in [-0.05, 0) is 63.4 Å². The first-order valence-corrected chi connectivity index (χ1v) is 8.18.